The molecule has 8 heteroatoms. The zero-order valence-corrected chi connectivity index (χ0v) is 18.2. The van der Waals surface area contributed by atoms with Crippen LogP contribution in [-0.2, 0) is 16.1 Å². The van der Waals surface area contributed by atoms with E-state index in [2.05, 4.69) is 15.9 Å². The smallest absolute Gasteiger partial charge is 0.250 e. The minimum Gasteiger partial charge on any atom is -0.394 e. The molecule has 0 aliphatic carbocycles. The maximum absolute atomic E-state index is 12.6. The highest BCUT2D eigenvalue weighted by Crippen LogP contribution is 2.34. The second-order valence-electron chi connectivity index (χ2n) is 8.82. The Morgan fingerprint density at radius 2 is 1.94 bits per heavy atom. The molecule has 31 heavy (non-hydrogen) atoms. The Morgan fingerprint density at radius 1 is 1.10 bits per heavy atom. The van der Waals surface area contributed by atoms with Crippen LogP contribution in [0.15, 0.2) is 35.1 Å². The molecule has 0 aromatic carbocycles. The first kappa shape index (κ1) is 22.2. The van der Waals surface area contributed by atoms with Gasteiger partial charge in [0, 0.05) is 82.7 Å². The van der Waals surface area contributed by atoms with Crippen LogP contribution in [-0.4, -0.2) is 102 Å². The van der Waals surface area contributed by atoms with Gasteiger partial charge >= 0.3 is 0 Å². The van der Waals surface area contributed by atoms with E-state index in [-0.39, 0.29) is 18.1 Å². The number of aliphatic hydroxyl groups is 1. The van der Waals surface area contributed by atoms with Crippen LogP contribution in [0.4, 0.5) is 0 Å². The molecule has 1 aromatic heterocycles. The first-order valence-electron chi connectivity index (χ1n) is 11.4. The van der Waals surface area contributed by atoms with Gasteiger partial charge in [-0.3, -0.25) is 19.4 Å². The minimum atomic E-state index is 0.0562. The molecule has 8 nitrogen and oxygen atoms in total. The van der Waals surface area contributed by atoms with Gasteiger partial charge in [-0.05, 0) is 18.4 Å². The normalized spacial score (nSPS) is 24.5. The molecule has 3 aliphatic heterocycles. The Bertz CT molecular complexity index is 831. The third kappa shape index (κ3) is 5.63. The Balaban J connectivity index is 1.21. The average Bonchev–Trinajstić information content (AvgIpc) is 2.78. The van der Waals surface area contributed by atoms with Gasteiger partial charge in [0.1, 0.15) is 0 Å². The third-order valence-electron chi connectivity index (χ3n) is 6.65. The molecule has 2 saturated heterocycles. The number of nitrogens with zero attached hydrogens (tertiary/aromatic N) is 4. The molecule has 0 saturated carbocycles. The summed E-state index contributed by atoms with van der Waals surface area (Å²) in [6, 6.07) is 5.61. The van der Waals surface area contributed by atoms with Crippen LogP contribution in [0.3, 0.4) is 0 Å². The Labute approximate surface area is 183 Å². The molecular formula is C23H34N4O4. The van der Waals surface area contributed by atoms with Crippen LogP contribution >= 0.6 is 0 Å². The van der Waals surface area contributed by atoms with E-state index >= 15 is 0 Å². The second-order valence-corrected chi connectivity index (χ2v) is 8.82. The summed E-state index contributed by atoms with van der Waals surface area (Å²) in [6.07, 6.45) is 4.87. The number of hydrogen-bond donors (Lipinski definition) is 1. The van der Waals surface area contributed by atoms with Crippen LogP contribution in [0.1, 0.15) is 18.0 Å². The lowest BCUT2D eigenvalue weighted by atomic mass is 9.83. The number of aromatic nitrogens is 1. The topological polar surface area (TPSA) is 78.3 Å². The zero-order valence-electron chi connectivity index (χ0n) is 18.2. The van der Waals surface area contributed by atoms with Crippen molar-refractivity contribution < 1.29 is 14.6 Å². The number of piperazine rings is 1. The molecular weight excluding hydrogens is 396 g/mol. The molecule has 0 radical (unpaired) electrons. The van der Waals surface area contributed by atoms with Crippen molar-refractivity contribution in [1.82, 2.24) is 19.3 Å². The van der Waals surface area contributed by atoms with Crippen LogP contribution in [0.25, 0.3) is 0 Å². The standard InChI is InChI=1S/C23H34N4O4/c28-12-14-31-13-11-24-7-9-26(10-8-24)22(29)5-2-6-25-16-19-15-20(18-25)21-3-1-4-23(30)27(21)17-19/h1-5,19-20,28H,6-18H2. The van der Waals surface area contributed by atoms with Gasteiger partial charge in [-0.25, -0.2) is 0 Å². The number of carbonyl (C=O) groups excluding carboxylic acids is 1. The number of piperidine rings is 1. The third-order valence-corrected chi connectivity index (χ3v) is 6.65. The van der Waals surface area contributed by atoms with Crippen molar-refractivity contribution in [3.63, 3.8) is 0 Å². The monoisotopic (exact) mass is 430 g/mol. The van der Waals surface area contributed by atoms with Crippen molar-refractivity contribution in [3.8, 4) is 0 Å². The molecule has 1 aromatic rings. The second kappa shape index (κ2) is 10.5. The van der Waals surface area contributed by atoms with Crippen molar-refractivity contribution in [2.75, 3.05) is 72.2 Å². The molecule has 1 N–H and O–H groups in total. The number of rotatable bonds is 8. The van der Waals surface area contributed by atoms with Crippen LogP contribution < -0.4 is 5.56 Å². The van der Waals surface area contributed by atoms with Gasteiger partial charge in [0.15, 0.2) is 0 Å². The Kier molecular flexibility index (Phi) is 7.55. The van der Waals surface area contributed by atoms with E-state index in [9.17, 15) is 9.59 Å². The lowest BCUT2D eigenvalue weighted by molar-refractivity contribution is -0.127. The SMILES string of the molecule is O=C(C=CCN1CC2CC(C1)c1cccc(=O)n1C2)N1CCN(CCOCCO)CC1. The molecule has 2 bridgehead atoms. The summed E-state index contributed by atoms with van der Waals surface area (Å²) in [4.78, 5) is 31.3. The van der Waals surface area contributed by atoms with E-state index in [4.69, 9.17) is 9.84 Å². The van der Waals surface area contributed by atoms with E-state index in [1.54, 1.807) is 12.1 Å². The van der Waals surface area contributed by atoms with Crippen LogP contribution in [0.5, 0.6) is 0 Å². The Morgan fingerprint density at radius 3 is 2.74 bits per heavy atom. The van der Waals surface area contributed by atoms with Gasteiger partial charge in [0.25, 0.3) is 5.56 Å². The number of hydrogen-bond acceptors (Lipinski definition) is 6. The van der Waals surface area contributed by atoms with E-state index in [1.165, 1.54) is 0 Å². The first-order valence-corrected chi connectivity index (χ1v) is 11.4. The molecule has 3 aliphatic rings. The zero-order chi connectivity index (χ0) is 21.6. The first-order chi connectivity index (χ1) is 15.1. The summed E-state index contributed by atoms with van der Waals surface area (Å²) in [6.45, 7) is 8.58. The number of amides is 1. The van der Waals surface area contributed by atoms with Gasteiger partial charge in [-0.15, -0.1) is 0 Å². The summed E-state index contributed by atoms with van der Waals surface area (Å²) in [5, 5.41) is 8.74. The van der Waals surface area contributed by atoms with Gasteiger partial charge < -0.3 is 19.3 Å². The lowest BCUT2D eigenvalue weighted by Crippen LogP contribution is -2.49. The fourth-order valence-electron chi connectivity index (χ4n) is 5.10. The molecule has 170 valence electrons. The van der Waals surface area contributed by atoms with Gasteiger partial charge in [0.2, 0.25) is 5.91 Å². The molecule has 2 atom stereocenters. The molecule has 4 heterocycles. The average molecular weight is 431 g/mol. The Hall–Kier alpha value is -2.00. The fourth-order valence-corrected chi connectivity index (χ4v) is 5.10. The number of fused-ring (bicyclic) bond motifs is 4. The van der Waals surface area contributed by atoms with Crippen molar-refractivity contribution in [3.05, 3.63) is 46.4 Å². The number of ether oxygens (including phenoxy) is 1. The van der Waals surface area contributed by atoms with Crippen LogP contribution in [0, 0.1) is 5.92 Å². The van der Waals surface area contributed by atoms with Gasteiger partial charge in [0.05, 0.1) is 19.8 Å². The van der Waals surface area contributed by atoms with Gasteiger partial charge in [-0.2, -0.15) is 0 Å². The summed E-state index contributed by atoms with van der Waals surface area (Å²) >= 11 is 0. The molecule has 2 unspecified atom stereocenters. The number of likely N-dealkylation sites (tertiary alicyclic amines) is 1. The summed E-state index contributed by atoms with van der Waals surface area (Å²) in [5.41, 5.74) is 1.28. The number of pyridine rings is 1. The quantitative estimate of drug-likeness (QED) is 0.461. The predicted octanol–water partition coefficient (Wildman–Crippen LogP) is -0.0233. The maximum atomic E-state index is 12.6. The predicted molar refractivity (Wildman–Crippen MR) is 118 cm³/mol. The largest absolute Gasteiger partial charge is 0.394 e. The van der Waals surface area contributed by atoms with E-state index in [1.807, 2.05) is 21.6 Å². The highest BCUT2D eigenvalue weighted by molar-refractivity contribution is 5.87. The van der Waals surface area contributed by atoms with E-state index < -0.39 is 0 Å². The molecule has 4 rings (SSSR count). The summed E-state index contributed by atoms with van der Waals surface area (Å²) in [5.74, 6) is 0.995. The van der Waals surface area contributed by atoms with Crippen molar-refractivity contribution in [1.29, 1.82) is 0 Å². The maximum Gasteiger partial charge on any atom is 0.250 e. The van der Waals surface area contributed by atoms with Crippen LogP contribution in [0.2, 0.25) is 0 Å². The number of carbonyl (C=O) groups is 1. The van der Waals surface area contributed by atoms with Crippen molar-refractivity contribution in [2.24, 2.45) is 5.92 Å². The summed E-state index contributed by atoms with van der Waals surface area (Å²) in [7, 11) is 0. The lowest BCUT2D eigenvalue weighted by Gasteiger charge is -2.42. The van der Waals surface area contributed by atoms with Gasteiger partial charge in [-0.1, -0.05) is 12.1 Å². The summed E-state index contributed by atoms with van der Waals surface area (Å²) < 4.78 is 7.27. The molecule has 0 spiro atoms. The molecule has 2 fully saturated rings. The highest BCUT2D eigenvalue weighted by Gasteiger charge is 2.33. The fraction of sp³-hybridized carbons (Fsp3) is 0.652. The van der Waals surface area contributed by atoms with Crippen molar-refractivity contribution >= 4 is 5.91 Å². The van der Waals surface area contributed by atoms with Crippen molar-refractivity contribution in [2.45, 2.75) is 18.9 Å². The highest BCUT2D eigenvalue weighted by atomic mass is 16.5. The van der Waals surface area contributed by atoms with E-state index in [0.717, 1.165) is 71.0 Å². The van der Waals surface area contributed by atoms with E-state index in [0.29, 0.717) is 25.0 Å². The number of aliphatic hydroxyl groups excluding tert-OH is 1. The minimum absolute atomic E-state index is 0.0562. The molecule has 1 amide bonds.